The molecule has 4 nitrogen and oxygen atoms in total. The van der Waals surface area contributed by atoms with Crippen LogP contribution >= 0.6 is 15.9 Å². The monoisotopic (exact) mass is 344 g/mol. The van der Waals surface area contributed by atoms with Crippen LogP contribution in [0.2, 0.25) is 0 Å². The Morgan fingerprint density at radius 2 is 1.90 bits per heavy atom. The van der Waals surface area contributed by atoms with Crippen LogP contribution in [0.5, 0.6) is 0 Å². The van der Waals surface area contributed by atoms with Gasteiger partial charge in [-0.25, -0.2) is 0 Å². The molecule has 0 fully saturated rings. The molecule has 5 heteroatoms. The molecule has 2 heterocycles. The average Bonchev–Trinajstić information content (AvgIpc) is 2.64. The van der Waals surface area contributed by atoms with Crippen LogP contribution in [-0.2, 0) is 11.3 Å². The molecule has 0 unspecified atom stereocenters. The minimum absolute atomic E-state index is 0.356. The van der Waals surface area contributed by atoms with Crippen LogP contribution in [0, 0.1) is 13.8 Å². The number of benzene rings is 1. The van der Waals surface area contributed by atoms with Crippen molar-refractivity contribution in [3.63, 3.8) is 0 Å². The molecule has 1 aliphatic rings. The van der Waals surface area contributed by atoms with Gasteiger partial charge in [0.2, 0.25) is 0 Å². The summed E-state index contributed by atoms with van der Waals surface area (Å²) in [7, 11) is 0. The number of anilines is 1. The molecule has 0 saturated heterocycles. The van der Waals surface area contributed by atoms with E-state index in [1.54, 1.807) is 18.5 Å². The number of carbonyl (C=O) groups excluding carboxylic acids is 2. The molecule has 0 radical (unpaired) electrons. The van der Waals surface area contributed by atoms with Gasteiger partial charge in [0.05, 0.1) is 17.8 Å². The number of aromatic nitrogens is 1. The summed E-state index contributed by atoms with van der Waals surface area (Å²) in [5, 5.41) is 0. The molecular formula is C16H13BrN2O2. The van der Waals surface area contributed by atoms with Gasteiger partial charge in [-0.2, -0.15) is 0 Å². The summed E-state index contributed by atoms with van der Waals surface area (Å²) in [4.78, 5) is 30.1. The van der Waals surface area contributed by atoms with Crippen LogP contribution in [-0.4, -0.2) is 16.7 Å². The van der Waals surface area contributed by atoms with Gasteiger partial charge in [0, 0.05) is 16.9 Å². The molecule has 1 amide bonds. The fourth-order valence-electron chi connectivity index (χ4n) is 2.64. The van der Waals surface area contributed by atoms with Crippen LogP contribution in [0.1, 0.15) is 27.0 Å². The lowest BCUT2D eigenvalue weighted by Gasteiger charge is -2.18. The van der Waals surface area contributed by atoms with Gasteiger partial charge in [-0.1, -0.05) is 22.0 Å². The highest BCUT2D eigenvalue weighted by Crippen LogP contribution is 2.35. The summed E-state index contributed by atoms with van der Waals surface area (Å²) in [6.45, 7) is 4.20. The smallest absolute Gasteiger partial charge is 0.299 e. The van der Waals surface area contributed by atoms with Crippen LogP contribution < -0.4 is 4.90 Å². The quantitative estimate of drug-likeness (QED) is 0.786. The largest absolute Gasteiger partial charge is 0.300 e. The van der Waals surface area contributed by atoms with Gasteiger partial charge in [-0.15, -0.1) is 0 Å². The Hall–Kier alpha value is -2.01. The van der Waals surface area contributed by atoms with Crippen molar-refractivity contribution >= 4 is 33.3 Å². The first-order chi connectivity index (χ1) is 9.97. The van der Waals surface area contributed by atoms with Crippen molar-refractivity contribution < 1.29 is 9.59 Å². The van der Waals surface area contributed by atoms with E-state index in [9.17, 15) is 9.59 Å². The Morgan fingerprint density at radius 1 is 1.14 bits per heavy atom. The third-order valence-electron chi connectivity index (χ3n) is 3.49. The predicted molar refractivity (Wildman–Crippen MR) is 83.4 cm³/mol. The van der Waals surface area contributed by atoms with E-state index in [0.29, 0.717) is 17.8 Å². The Labute approximate surface area is 130 Å². The molecule has 2 aromatic rings. The zero-order valence-electron chi connectivity index (χ0n) is 11.7. The van der Waals surface area contributed by atoms with Gasteiger partial charge in [0.1, 0.15) is 0 Å². The van der Waals surface area contributed by atoms with Gasteiger partial charge in [-0.3, -0.25) is 14.6 Å². The zero-order chi connectivity index (χ0) is 15.1. The van der Waals surface area contributed by atoms with Crippen LogP contribution in [0.4, 0.5) is 5.69 Å². The van der Waals surface area contributed by atoms with Gasteiger partial charge in [-0.05, 0) is 42.7 Å². The first-order valence-corrected chi connectivity index (χ1v) is 7.33. The highest BCUT2D eigenvalue weighted by atomic mass is 79.9. The minimum Gasteiger partial charge on any atom is -0.300 e. The van der Waals surface area contributed by atoms with E-state index in [-0.39, 0.29) is 0 Å². The predicted octanol–water partition coefficient (Wildman–Crippen LogP) is 3.19. The molecule has 3 rings (SSSR count). The molecule has 21 heavy (non-hydrogen) atoms. The van der Waals surface area contributed by atoms with E-state index in [1.807, 2.05) is 26.0 Å². The van der Waals surface area contributed by atoms with Crippen molar-refractivity contribution in [3.8, 4) is 0 Å². The zero-order valence-corrected chi connectivity index (χ0v) is 13.3. The van der Waals surface area contributed by atoms with Crippen LogP contribution in [0.25, 0.3) is 0 Å². The average molecular weight is 345 g/mol. The number of fused-ring (bicyclic) bond motifs is 1. The summed E-state index contributed by atoms with van der Waals surface area (Å²) in [6.07, 6.45) is 3.48. The highest BCUT2D eigenvalue weighted by Gasteiger charge is 2.37. The summed E-state index contributed by atoms with van der Waals surface area (Å²) in [5.74, 6) is -0.928. The number of ketones is 1. The number of hydrogen-bond acceptors (Lipinski definition) is 3. The number of amides is 1. The molecular weight excluding hydrogens is 332 g/mol. The number of halogens is 1. The van der Waals surface area contributed by atoms with Crippen molar-refractivity contribution in [3.05, 3.63) is 57.3 Å². The summed E-state index contributed by atoms with van der Waals surface area (Å²) >= 11 is 3.37. The minimum atomic E-state index is -0.479. The third-order valence-corrected chi connectivity index (χ3v) is 3.95. The first kappa shape index (κ1) is 13.9. The second-order valence-corrected chi connectivity index (χ2v) is 6.13. The topological polar surface area (TPSA) is 50.3 Å². The standard InChI is InChI=1S/C16H13BrN2O2/c1-9-3-11(7-18-6-9)8-19-14-10(2)4-12(17)5-13(14)15(20)16(19)21/h3-7H,8H2,1-2H3. The van der Waals surface area contributed by atoms with Gasteiger partial charge >= 0.3 is 0 Å². The van der Waals surface area contributed by atoms with E-state index >= 15 is 0 Å². The second-order valence-electron chi connectivity index (χ2n) is 5.21. The number of nitrogens with zero attached hydrogens (tertiary/aromatic N) is 2. The summed E-state index contributed by atoms with van der Waals surface area (Å²) < 4.78 is 0.805. The van der Waals surface area contributed by atoms with Crippen LogP contribution in [0.15, 0.2) is 35.1 Å². The molecule has 1 aromatic carbocycles. The van der Waals surface area contributed by atoms with E-state index in [4.69, 9.17) is 0 Å². The van der Waals surface area contributed by atoms with Crippen molar-refractivity contribution in [2.45, 2.75) is 20.4 Å². The molecule has 0 N–H and O–H groups in total. The van der Waals surface area contributed by atoms with E-state index < -0.39 is 11.7 Å². The maximum absolute atomic E-state index is 12.3. The fourth-order valence-corrected chi connectivity index (χ4v) is 3.22. The molecule has 1 aliphatic heterocycles. The normalized spacial score (nSPS) is 13.8. The van der Waals surface area contributed by atoms with E-state index in [1.165, 1.54) is 4.90 Å². The molecule has 106 valence electrons. The van der Waals surface area contributed by atoms with Crippen molar-refractivity contribution in [2.75, 3.05) is 4.90 Å². The number of rotatable bonds is 2. The Bertz CT molecular complexity index is 771. The van der Waals surface area contributed by atoms with Crippen molar-refractivity contribution in [1.82, 2.24) is 4.98 Å². The Kier molecular flexibility index (Phi) is 3.37. The van der Waals surface area contributed by atoms with Gasteiger partial charge < -0.3 is 4.90 Å². The molecule has 0 saturated carbocycles. The first-order valence-electron chi connectivity index (χ1n) is 6.54. The van der Waals surface area contributed by atoms with Gasteiger partial charge in [0.25, 0.3) is 11.7 Å². The van der Waals surface area contributed by atoms with Gasteiger partial charge in [0.15, 0.2) is 0 Å². The lowest BCUT2D eigenvalue weighted by atomic mass is 10.1. The summed E-state index contributed by atoms with van der Waals surface area (Å²) in [5.41, 5.74) is 4.01. The number of hydrogen-bond donors (Lipinski definition) is 0. The van der Waals surface area contributed by atoms with E-state index in [2.05, 4.69) is 20.9 Å². The second kappa shape index (κ2) is 5.07. The molecule has 1 aromatic heterocycles. The van der Waals surface area contributed by atoms with Crippen molar-refractivity contribution in [2.24, 2.45) is 0 Å². The van der Waals surface area contributed by atoms with Crippen molar-refractivity contribution in [1.29, 1.82) is 0 Å². The molecule has 0 spiro atoms. The maximum atomic E-state index is 12.3. The molecule has 0 bridgehead atoms. The fraction of sp³-hybridized carbons (Fsp3) is 0.188. The van der Waals surface area contributed by atoms with E-state index in [0.717, 1.165) is 21.2 Å². The number of carbonyl (C=O) groups is 2. The number of Topliss-reactive ketones (excluding diaryl/α,β-unsaturated/α-hetero) is 1. The Balaban J connectivity index is 2.05. The lowest BCUT2D eigenvalue weighted by Crippen LogP contribution is -2.29. The summed E-state index contributed by atoms with van der Waals surface area (Å²) in [6, 6.07) is 5.58. The Morgan fingerprint density at radius 3 is 2.62 bits per heavy atom. The number of pyridine rings is 1. The third kappa shape index (κ3) is 2.38. The lowest BCUT2D eigenvalue weighted by molar-refractivity contribution is -0.114. The van der Waals surface area contributed by atoms with Crippen LogP contribution in [0.3, 0.4) is 0 Å². The SMILES string of the molecule is Cc1cncc(CN2C(=O)C(=O)c3cc(Br)cc(C)c32)c1. The maximum Gasteiger partial charge on any atom is 0.299 e. The molecule has 0 atom stereocenters. The number of aryl methyl sites for hydroxylation is 2. The highest BCUT2D eigenvalue weighted by molar-refractivity contribution is 9.10. The molecule has 0 aliphatic carbocycles.